The Kier molecular flexibility index (Phi) is 4.91. The summed E-state index contributed by atoms with van der Waals surface area (Å²) in [4.78, 5) is 5.61. The molecule has 0 aliphatic heterocycles. The van der Waals surface area contributed by atoms with Gasteiger partial charge in [0.05, 0.1) is 4.90 Å². The number of benzene rings is 1. The first-order chi connectivity index (χ1) is 9.51. The Labute approximate surface area is 123 Å². The van der Waals surface area contributed by atoms with Crippen LogP contribution >= 0.6 is 11.3 Å². The maximum atomic E-state index is 12.3. The van der Waals surface area contributed by atoms with Crippen LogP contribution in [0, 0.1) is 6.92 Å². The van der Waals surface area contributed by atoms with E-state index in [1.54, 1.807) is 18.3 Å². The average molecular weight is 310 g/mol. The highest BCUT2D eigenvalue weighted by Gasteiger charge is 2.17. The number of rotatable bonds is 6. The van der Waals surface area contributed by atoms with Crippen LogP contribution in [0.4, 0.5) is 0 Å². The summed E-state index contributed by atoms with van der Waals surface area (Å²) < 4.78 is 24.6. The van der Waals surface area contributed by atoms with Crippen molar-refractivity contribution in [2.75, 3.05) is 6.54 Å². The van der Waals surface area contributed by atoms with Crippen molar-refractivity contribution in [3.05, 3.63) is 45.9 Å². The molecule has 0 unspecified atom stereocenters. The topological polar surface area (TPSA) is 59.1 Å². The fourth-order valence-corrected chi connectivity index (χ4v) is 4.24. The minimum absolute atomic E-state index is 0.0349. The SMILES string of the molecule is CCNCc1cnc(CS(=O)(=O)c2ccc(C)cc2)s1. The number of hydrogen-bond acceptors (Lipinski definition) is 5. The smallest absolute Gasteiger partial charge is 0.184 e. The molecule has 1 N–H and O–H groups in total. The Hall–Kier alpha value is -1.24. The van der Waals surface area contributed by atoms with Crippen LogP contribution in [0.15, 0.2) is 35.4 Å². The molecule has 1 aromatic heterocycles. The predicted molar refractivity (Wildman–Crippen MR) is 81.6 cm³/mol. The minimum atomic E-state index is -3.31. The first-order valence-electron chi connectivity index (χ1n) is 6.45. The molecule has 0 fully saturated rings. The van der Waals surface area contributed by atoms with Gasteiger partial charge in [-0.15, -0.1) is 11.3 Å². The van der Waals surface area contributed by atoms with E-state index in [4.69, 9.17) is 0 Å². The Bertz CT molecular complexity index is 661. The summed E-state index contributed by atoms with van der Waals surface area (Å²) in [6.45, 7) is 5.58. The summed E-state index contributed by atoms with van der Waals surface area (Å²) in [5.74, 6) is -0.0349. The normalized spacial score (nSPS) is 11.7. The van der Waals surface area contributed by atoms with Gasteiger partial charge >= 0.3 is 0 Å². The van der Waals surface area contributed by atoms with Gasteiger partial charge in [-0.25, -0.2) is 13.4 Å². The molecular weight excluding hydrogens is 292 g/mol. The van der Waals surface area contributed by atoms with E-state index in [1.165, 1.54) is 11.3 Å². The average Bonchev–Trinajstić information content (AvgIpc) is 2.83. The second-order valence-electron chi connectivity index (χ2n) is 4.57. The van der Waals surface area contributed by atoms with Crippen molar-refractivity contribution in [3.63, 3.8) is 0 Å². The lowest BCUT2D eigenvalue weighted by Gasteiger charge is -2.02. The lowest BCUT2D eigenvalue weighted by atomic mass is 10.2. The monoisotopic (exact) mass is 310 g/mol. The molecule has 0 aliphatic carbocycles. The highest BCUT2D eigenvalue weighted by atomic mass is 32.2. The fourth-order valence-electron chi connectivity index (χ4n) is 1.74. The summed E-state index contributed by atoms with van der Waals surface area (Å²) in [6.07, 6.45) is 1.74. The van der Waals surface area contributed by atoms with Crippen molar-refractivity contribution in [2.24, 2.45) is 0 Å². The van der Waals surface area contributed by atoms with Crippen LogP contribution in [0.5, 0.6) is 0 Å². The number of thiazole rings is 1. The number of aryl methyl sites for hydroxylation is 1. The molecule has 0 saturated heterocycles. The van der Waals surface area contributed by atoms with Crippen LogP contribution in [0.2, 0.25) is 0 Å². The predicted octanol–water partition coefficient (Wildman–Crippen LogP) is 2.53. The molecule has 2 rings (SSSR count). The van der Waals surface area contributed by atoms with Crippen LogP contribution in [0.25, 0.3) is 0 Å². The van der Waals surface area contributed by atoms with E-state index in [9.17, 15) is 8.42 Å². The van der Waals surface area contributed by atoms with E-state index in [1.807, 2.05) is 26.0 Å². The second-order valence-corrected chi connectivity index (χ2v) is 7.76. The third kappa shape index (κ3) is 3.88. The molecule has 0 atom stereocenters. The number of hydrogen-bond donors (Lipinski definition) is 1. The van der Waals surface area contributed by atoms with Crippen molar-refractivity contribution >= 4 is 21.2 Å². The number of nitrogens with zero attached hydrogens (tertiary/aromatic N) is 1. The lowest BCUT2D eigenvalue weighted by Crippen LogP contribution is -2.10. The quantitative estimate of drug-likeness (QED) is 0.891. The zero-order valence-electron chi connectivity index (χ0n) is 11.6. The molecule has 1 heterocycles. The van der Waals surface area contributed by atoms with Crippen molar-refractivity contribution in [3.8, 4) is 0 Å². The third-order valence-electron chi connectivity index (χ3n) is 2.84. The Balaban J connectivity index is 2.12. The maximum absolute atomic E-state index is 12.3. The maximum Gasteiger partial charge on any atom is 0.184 e. The molecule has 0 bridgehead atoms. The Morgan fingerprint density at radius 1 is 1.25 bits per heavy atom. The van der Waals surface area contributed by atoms with Crippen LogP contribution in [-0.4, -0.2) is 19.9 Å². The van der Waals surface area contributed by atoms with Gasteiger partial charge < -0.3 is 5.32 Å². The van der Waals surface area contributed by atoms with Crippen LogP contribution < -0.4 is 5.32 Å². The van der Waals surface area contributed by atoms with Crippen molar-refractivity contribution in [1.82, 2.24) is 10.3 Å². The molecule has 0 radical (unpaired) electrons. The summed E-state index contributed by atoms with van der Waals surface area (Å²) >= 11 is 1.44. The zero-order valence-corrected chi connectivity index (χ0v) is 13.2. The van der Waals surface area contributed by atoms with Gasteiger partial charge in [-0.05, 0) is 25.6 Å². The van der Waals surface area contributed by atoms with Gasteiger partial charge in [0.25, 0.3) is 0 Å². The summed E-state index contributed by atoms with van der Waals surface area (Å²) in [6, 6.07) is 6.92. The summed E-state index contributed by atoms with van der Waals surface area (Å²) in [7, 11) is -3.31. The van der Waals surface area contributed by atoms with Crippen molar-refractivity contribution in [1.29, 1.82) is 0 Å². The lowest BCUT2D eigenvalue weighted by molar-refractivity contribution is 0.595. The highest BCUT2D eigenvalue weighted by Crippen LogP contribution is 2.20. The number of nitrogens with one attached hydrogen (secondary N) is 1. The van der Waals surface area contributed by atoms with E-state index in [0.717, 1.165) is 23.5 Å². The van der Waals surface area contributed by atoms with Gasteiger partial charge in [-0.2, -0.15) is 0 Å². The molecule has 20 heavy (non-hydrogen) atoms. The minimum Gasteiger partial charge on any atom is -0.312 e. The molecule has 1 aromatic carbocycles. The van der Waals surface area contributed by atoms with Crippen LogP contribution in [-0.2, 0) is 22.1 Å². The van der Waals surface area contributed by atoms with E-state index in [-0.39, 0.29) is 5.75 Å². The van der Waals surface area contributed by atoms with Crippen molar-refractivity contribution < 1.29 is 8.42 Å². The molecule has 0 amide bonds. The highest BCUT2D eigenvalue weighted by molar-refractivity contribution is 7.90. The molecule has 0 spiro atoms. The van der Waals surface area contributed by atoms with Gasteiger partial charge in [-0.1, -0.05) is 24.6 Å². The van der Waals surface area contributed by atoms with Gasteiger partial charge in [0.1, 0.15) is 10.8 Å². The van der Waals surface area contributed by atoms with E-state index in [0.29, 0.717) is 9.90 Å². The standard InChI is InChI=1S/C14H18N2O2S2/c1-3-15-8-12-9-16-14(19-12)10-20(17,18)13-6-4-11(2)5-7-13/h4-7,9,15H,3,8,10H2,1-2H3. The van der Waals surface area contributed by atoms with Crippen molar-refractivity contribution in [2.45, 2.75) is 31.0 Å². The molecular formula is C14H18N2O2S2. The van der Waals surface area contributed by atoms with Crippen LogP contribution in [0.3, 0.4) is 0 Å². The molecule has 4 nitrogen and oxygen atoms in total. The first-order valence-corrected chi connectivity index (χ1v) is 8.92. The van der Waals surface area contributed by atoms with Gasteiger partial charge in [0.15, 0.2) is 9.84 Å². The molecule has 108 valence electrons. The first kappa shape index (κ1) is 15.2. The summed E-state index contributed by atoms with van der Waals surface area (Å²) in [5, 5.41) is 3.84. The molecule has 0 saturated carbocycles. The van der Waals surface area contributed by atoms with Gasteiger partial charge in [0, 0.05) is 17.6 Å². The van der Waals surface area contributed by atoms with Gasteiger partial charge in [0.2, 0.25) is 0 Å². The van der Waals surface area contributed by atoms with E-state index >= 15 is 0 Å². The summed E-state index contributed by atoms with van der Waals surface area (Å²) in [5.41, 5.74) is 1.05. The molecule has 2 aromatic rings. The van der Waals surface area contributed by atoms with E-state index in [2.05, 4.69) is 10.3 Å². The Morgan fingerprint density at radius 2 is 1.95 bits per heavy atom. The number of sulfone groups is 1. The Morgan fingerprint density at radius 3 is 2.60 bits per heavy atom. The van der Waals surface area contributed by atoms with E-state index < -0.39 is 9.84 Å². The third-order valence-corrected chi connectivity index (χ3v) is 5.67. The second kappa shape index (κ2) is 6.47. The number of aromatic nitrogens is 1. The fraction of sp³-hybridized carbons (Fsp3) is 0.357. The molecule has 0 aliphatic rings. The zero-order chi connectivity index (χ0) is 14.6. The largest absolute Gasteiger partial charge is 0.312 e. The van der Waals surface area contributed by atoms with Crippen LogP contribution in [0.1, 0.15) is 22.4 Å². The molecule has 6 heteroatoms. The van der Waals surface area contributed by atoms with Gasteiger partial charge in [-0.3, -0.25) is 0 Å².